The number of amidine groups is 1. The number of nitrogens with zero attached hydrogens (tertiary/aromatic N) is 1. The molecule has 5 N–H and O–H groups in total. The molecule has 4 unspecified atom stereocenters. The zero-order valence-corrected chi connectivity index (χ0v) is 18.8. The van der Waals surface area contributed by atoms with Gasteiger partial charge >= 0.3 is 0 Å². The van der Waals surface area contributed by atoms with Gasteiger partial charge in [-0.1, -0.05) is 54.6 Å². The molecule has 3 aromatic carbocycles. The third-order valence-electron chi connectivity index (χ3n) is 7.04. The summed E-state index contributed by atoms with van der Waals surface area (Å²) in [5.74, 6) is -0.576. The predicted molar refractivity (Wildman–Crippen MR) is 132 cm³/mol. The fourth-order valence-corrected chi connectivity index (χ4v) is 5.20. The Bertz CT molecular complexity index is 1260. The summed E-state index contributed by atoms with van der Waals surface area (Å²) in [6.07, 6.45) is -0.476. The summed E-state index contributed by atoms with van der Waals surface area (Å²) in [6, 6.07) is 17.2. The van der Waals surface area contributed by atoms with Gasteiger partial charge in [0.15, 0.2) is 6.04 Å². The van der Waals surface area contributed by atoms with Crippen molar-refractivity contribution in [1.29, 1.82) is 5.41 Å². The highest BCUT2D eigenvalue weighted by atomic mass is 19.1. The molecule has 0 aliphatic carbocycles. The van der Waals surface area contributed by atoms with Gasteiger partial charge in [0.05, 0.1) is 6.04 Å². The van der Waals surface area contributed by atoms with E-state index in [0.29, 0.717) is 24.2 Å². The Morgan fingerprint density at radius 3 is 2.79 bits per heavy atom. The van der Waals surface area contributed by atoms with E-state index in [1.165, 1.54) is 0 Å². The van der Waals surface area contributed by atoms with Gasteiger partial charge in [0.25, 0.3) is 5.91 Å². The largest absolute Gasteiger partial charge is 0.627 e. The van der Waals surface area contributed by atoms with Crippen LogP contribution >= 0.6 is 0 Å². The lowest BCUT2D eigenvalue weighted by atomic mass is 10.0. The lowest BCUT2D eigenvalue weighted by molar-refractivity contribution is -0.126. The molecule has 2 aliphatic rings. The van der Waals surface area contributed by atoms with E-state index >= 15 is 0 Å². The fourth-order valence-electron chi connectivity index (χ4n) is 5.20. The maximum absolute atomic E-state index is 14.7. The molecule has 34 heavy (non-hydrogen) atoms. The number of hydrogen-bond acceptors (Lipinski definition) is 4. The minimum atomic E-state index is -1.20. The number of nitrogen functional groups attached to an aromatic ring is 1. The number of benzene rings is 3. The second kappa shape index (κ2) is 8.79. The summed E-state index contributed by atoms with van der Waals surface area (Å²) >= 11 is 0. The van der Waals surface area contributed by atoms with Crippen LogP contribution in [0.25, 0.3) is 10.8 Å². The van der Waals surface area contributed by atoms with E-state index in [4.69, 9.17) is 11.1 Å². The number of halogens is 1. The number of carbonyl (C=O) groups excluding carboxylic acids is 1. The first-order valence-electron chi connectivity index (χ1n) is 11.6. The Balaban J connectivity index is 1.55. The minimum Gasteiger partial charge on any atom is -0.627 e. The molecule has 0 saturated carbocycles. The predicted octanol–water partition coefficient (Wildman–Crippen LogP) is 2.87. The lowest BCUT2D eigenvalue weighted by Gasteiger charge is -2.44. The Kier molecular flexibility index (Phi) is 5.81. The topological polar surface area (TPSA) is 114 Å². The van der Waals surface area contributed by atoms with Crippen LogP contribution in [0.2, 0.25) is 0 Å². The van der Waals surface area contributed by atoms with Gasteiger partial charge in [-0.15, -0.1) is 0 Å². The molecule has 2 aliphatic heterocycles. The van der Waals surface area contributed by atoms with Crippen molar-refractivity contribution in [1.82, 2.24) is 15.3 Å². The first-order valence-corrected chi connectivity index (χ1v) is 11.6. The van der Waals surface area contributed by atoms with Crippen LogP contribution in [0.4, 0.5) is 10.1 Å². The van der Waals surface area contributed by atoms with Crippen LogP contribution in [0, 0.1) is 10.6 Å². The molecule has 1 fully saturated rings. The highest BCUT2D eigenvalue weighted by Gasteiger charge is 2.46. The van der Waals surface area contributed by atoms with E-state index < -0.39 is 28.8 Å². The molecular weight excluding hydrogens is 433 g/mol. The van der Waals surface area contributed by atoms with Crippen LogP contribution in [0.15, 0.2) is 60.7 Å². The van der Waals surface area contributed by atoms with E-state index in [9.17, 15) is 14.4 Å². The van der Waals surface area contributed by atoms with Gasteiger partial charge in [0.1, 0.15) is 24.2 Å². The zero-order valence-electron chi connectivity index (χ0n) is 18.8. The minimum absolute atomic E-state index is 0.0407. The quantitative estimate of drug-likeness (QED) is 0.202. The van der Waals surface area contributed by atoms with Gasteiger partial charge in [0, 0.05) is 35.7 Å². The Morgan fingerprint density at radius 1 is 1.21 bits per heavy atom. The number of fused-ring (bicyclic) bond motifs is 2. The number of carbonyl (C=O) groups is 1. The number of alkyl halides is 1. The van der Waals surface area contributed by atoms with E-state index in [2.05, 4.69) is 10.6 Å². The molecule has 8 heteroatoms. The van der Waals surface area contributed by atoms with Gasteiger partial charge in [-0.3, -0.25) is 10.2 Å². The van der Waals surface area contributed by atoms with E-state index in [0.717, 1.165) is 21.9 Å². The van der Waals surface area contributed by atoms with Crippen molar-refractivity contribution in [2.24, 2.45) is 5.73 Å². The van der Waals surface area contributed by atoms with Crippen molar-refractivity contribution in [3.8, 4) is 0 Å². The van der Waals surface area contributed by atoms with Crippen LogP contribution in [0.3, 0.4) is 0 Å². The summed E-state index contributed by atoms with van der Waals surface area (Å²) in [5, 5.41) is 30.3. The van der Waals surface area contributed by atoms with E-state index in [1.807, 2.05) is 42.5 Å². The molecule has 0 aromatic heterocycles. The Labute approximate surface area is 197 Å². The van der Waals surface area contributed by atoms with Crippen molar-refractivity contribution >= 4 is 28.2 Å². The third kappa shape index (κ3) is 3.94. The number of nitrogens with two attached hydrogens (primary N) is 1. The summed E-state index contributed by atoms with van der Waals surface area (Å²) in [7, 11) is 0. The van der Waals surface area contributed by atoms with Crippen molar-refractivity contribution < 1.29 is 9.18 Å². The second-order valence-electron chi connectivity index (χ2n) is 9.19. The normalized spacial score (nSPS) is 26.2. The standard InChI is InChI=1S/C26H28FN5O2/c27-21-14-30-11-10-22(21)31-26(33)24-12-17-8-9-18(25(28)29)13-23(17)32(24,34)15-19-6-3-5-16-4-1-2-7-20(16)19/h1-9,13,21-22,24,30H,10-12,14-15H2,(H3,28,29)(H,31,33). The summed E-state index contributed by atoms with van der Waals surface area (Å²) in [4.78, 5) is 13.4. The summed E-state index contributed by atoms with van der Waals surface area (Å²) in [6.45, 7) is 0.843. The first-order chi connectivity index (χ1) is 16.4. The molecule has 2 heterocycles. The lowest BCUT2D eigenvalue weighted by Crippen LogP contribution is -2.60. The van der Waals surface area contributed by atoms with Crippen molar-refractivity contribution in [2.75, 3.05) is 13.1 Å². The monoisotopic (exact) mass is 461 g/mol. The Morgan fingerprint density at radius 2 is 2.00 bits per heavy atom. The number of amides is 1. The Hall–Kier alpha value is -3.33. The van der Waals surface area contributed by atoms with Crippen LogP contribution in [-0.2, 0) is 17.8 Å². The molecule has 0 radical (unpaired) electrons. The summed E-state index contributed by atoms with van der Waals surface area (Å²) in [5.41, 5.74) is 8.16. The molecule has 0 spiro atoms. The van der Waals surface area contributed by atoms with Crippen LogP contribution in [0.5, 0.6) is 0 Å². The van der Waals surface area contributed by atoms with Gasteiger partial charge < -0.3 is 26.2 Å². The number of piperidine rings is 1. The smallest absolute Gasteiger partial charge is 0.279 e. The van der Waals surface area contributed by atoms with Crippen LogP contribution in [-0.4, -0.2) is 43.1 Å². The molecule has 1 amide bonds. The van der Waals surface area contributed by atoms with E-state index in [1.54, 1.807) is 18.2 Å². The summed E-state index contributed by atoms with van der Waals surface area (Å²) < 4.78 is 13.5. The molecule has 5 rings (SSSR count). The maximum Gasteiger partial charge on any atom is 0.279 e. The van der Waals surface area contributed by atoms with Crippen molar-refractivity contribution in [3.05, 3.63) is 82.6 Å². The highest BCUT2D eigenvalue weighted by molar-refractivity contribution is 5.97. The van der Waals surface area contributed by atoms with Crippen molar-refractivity contribution in [2.45, 2.75) is 37.6 Å². The average Bonchev–Trinajstić information content (AvgIpc) is 3.12. The van der Waals surface area contributed by atoms with Crippen molar-refractivity contribution in [3.63, 3.8) is 0 Å². The number of hydroxylamine groups is 2. The van der Waals surface area contributed by atoms with E-state index in [-0.39, 0.29) is 25.3 Å². The molecule has 3 aromatic rings. The fraction of sp³-hybridized carbons (Fsp3) is 0.308. The maximum atomic E-state index is 14.7. The molecule has 4 atom stereocenters. The second-order valence-corrected chi connectivity index (χ2v) is 9.19. The SMILES string of the molecule is N=C(N)c1ccc2c(c1)[N+]([O-])(Cc1cccc3ccccc13)C(C(=O)NC1CCNCC1F)C2. The van der Waals surface area contributed by atoms with Gasteiger partial charge in [-0.25, -0.2) is 4.39 Å². The zero-order chi connectivity index (χ0) is 23.9. The number of nitrogens with one attached hydrogen (secondary N) is 3. The van der Waals surface area contributed by atoms with Gasteiger partial charge in [-0.05, 0) is 23.7 Å². The number of quaternary nitrogens is 1. The highest BCUT2D eigenvalue weighted by Crippen LogP contribution is 2.41. The molecule has 1 saturated heterocycles. The third-order valence-corrected chi connectivity index (χ3v) is 7.04. The van der Waals surface area contributed by atoms with Gasteiger partial charge in [0.2, 0.25) is 0 Å². The average molecular weight is 462 g/mol. The molecular formula is C26H28FN5O2. The number of rotatable bonds is 5. The first kappa shape index (κ1) is 22.5. The molecule has 176 valence electrons. The van der Waals surface area contributed by atoms with Crippen LogP contribution in [0.1, 0.15) is 23.1 Å². The number of hydrogen-bond donors (Lipinski definition) is 4. The van der Waals surface area contributed by atoms with Gasteiger partial charge in [-0.2, -0.15) is 0 Å². The molecule has 0 bridgehead atoms. The molecule has 7 nitrogen and oxygen atoms in total. The van der Waals surface area contributed by atoms with Crippen LogP contribution < -0.4 is 21.0 Å².